The second-order valence-electron chi connectivity index (χ2n) is 7.12. The van der Waals surface area contributed by atoms with Crippen molar-refractivity contribution in [1.29, 1.82) is 5.26 Å². The molecule has 5 heteroatoms. The largest absolute Gasteiger partial charge is 0.439 e. The maximum absolute atomic E-state index is 9.54. The van der Waals surface area contributed by atoms with Crippen molar-refractivity contribution in [3.63, 3.8) is 0 Å². The van der Waals surface area contributed by atoms with Crippen molar-refractivity contribution in [2.45, 2.75) is 26.2 Å². The van der Waals surface area contributed by atoms with E-state index >= 15 is 0 Å². The topological polar surface area (TPSA) is 64.4 Å². The number of benzene rings is 1. The molecule has 1 aliphatic carbocycles. The number of pyridine rings is 1. The molecule has 2 heterocycles. The molecule has 1 saturated heterocycles. The van der Waals surface area contributed by atoms with Gasteiger partial charge in [-0.25, -0.2) is 4.98 Å². The summed E-state index contributed by atoms with van der Waals surface area (Å²) in [4.78, 5) is 4.43. The molecule has 1 aliphatic heterocycles. The van der Waals surface area contributed by atoms with Crippen molar-refractivity contribution in [2.24, 2.45) is 17.3 Å². The van der Waals surface area contributed by atoms with E-state index in [1.54, 1.807) is 12.1 Å². The minimum atomic E-state index is -0.778. The lowest BCUT2D eigenvalue weighted by Gasteiger charge is -2.21. The van der Waals surface area contributed by atoms with Crippen LogP contribution >= 0.6 is 0 Å². The lowest BCUT2D eigenvalue weighted by atomic mass is 10.1. The minimum Gasteiger partial charge on any atom is -0.439 e. The first-order valence-corrected chi connectivity index (χ1v) is 8.46. The highest BCUT2D eigenvalue weighted by Gasteiger charge is 2.66. The molecule has 4 atom stereocenters. The van der Waals surface area contributed by atoms with Gasteiger partial charge in [-0.2, -0.15) is 5.26 Å². The van der Waals surface area contributed by atoms with Crippen molar-refractivity contribution in [3.8, 4) is 17.7 Å². The smallest absolute Gasteiger partial charge is 0.219 e. The molecule has 0 radical (unpaired) electrons. The van der Waals surface area contributed by atoms with E-state index in [4.69, 9.17) is 14.2 Å². The molecular formula is C20H20N2O3. The van der Waals surface area contributed by atoms with Crippen LogP contribution in [0, 0.1) is 28.6 Å². The monoisotopic (exact) mass is 336 g/mol. The molecule has 0 bridgehead atoms. The summed E-state index contributed by atoms with van der Waals surface area (Å²) in [7, 11) is 0. The molecule has 0 unspecified atom stereocenters. The molecule has 2 aromatic rings. The fraction of sp³-hybridized carbons (Fsp3) is 0.400. The Morgan fingerprint density at radius 2 is 2.00 bits per heavy atom. The zero-order valence-electron chi connectivity index (χ0n) is 14.3. The fourth-order valence-electron chi connectivity index (χ4n) is 3.61. The van der Waals surface area contributed by atoms with Crippen LogP contribution < -0.4 is 4.74 Å². The van der Waals surface area contributed by atoms with Crippen LogP contribution in [0.2, 0.25) is 0 Å². The summed E-state index contributed by atoms with van der Waals surface area (Å²) in [6.45, 7) is 5.13. The molecular weight excluding hydrogens is 316 g/mol. The van der Waals surface area contributed by atoms with Gasteiger partial charge in [0.05, 0.1) is 12.3 Å². The molecule has 1 aromatic carbocycles. The van der Waals surface area contributed by atoms with Gasteiger partial charge in [0.15, 0.2) is 12.4 Å². The summed E-state index contributed by atoms with van der Waals surface area (Å²) in [5.41, 5.74) is 0.760. The van der Waals surface area contributed by atoms with Crippen molar-refractivity contribution in [1.82, 2.24) is 4.98 Å². The number of hydrogen-bond donors (Lipinski definition) is 0. The van der Waals surface area contributed by atoms with Crippen LogP contribution in [0.25, 0.3) is 0 Å². The van der Waals surface area contributed by atoms with E-state index in [2.05, 4.69) is 24.9 Å². The molecule has 2 aliphatic rings. The molecule has 1 aromatic heterocycles. The summed E-state index contributed by atoms with van der Waals surface area (Å²) >= 11 is 0. The number of nitrogens with zero attached hydrogens (tertiary/aromatic N) is 2. The Kier molecular flexibility index (Phi) is 3.95. The Labute approximate surface area is 147 Å². The van der Waals surface area contributed by atoms with E-state index in [0.29, 0.717) is 35.8 Å². The third-order valence-electron chi connectivity index (χ3n) is 5.24. The van der Waals surface area contributed by atoms with E-state index in [1.165, 1.54) is 0 Å². The second kappa shape index (κ2) is 6.14. The molecule has 5 nitrogen and oxygen atoms in total. The van der Waals surface area contributed by atoms with Gasteiger partial charge in [0.25, 0.3) is 0 Å². The summed E-state index contributed by atoms with van der Waals surface area (Å²) in [6, 6.07) is 17.0. The number of aromatic nitrogens is 1. The molecule has 2 fully saturated rings. The standard InChI is InChI=1S/C20H20N2O3/c1-20(2)14-12-23-19(18(14)20)25-16(11-21)15-9-6-10-17(22-15)24-13-7-4-3-5-8-13/h3-10,14,16,18-19H,12H2,1-2H3/t14-,16+,18-,19+/m0/s1. The van der Waals surface area contributed by atoms with Crippen molar-refractivity contribution < 1.29 is 14.2 Å². The van der Waals surface area contributed by atoms with Gasteiger partial charge in [-0.1, -0.05) is 38.1 Å². The Morgan fingerprint density at radius 3 is 2.68 bits per heavy atom. The zero-order valence-corrected chi connectivity index (χ0v) is 14.3. The maximum atomic E-state index is 9.54. The summed E-state index contributed by atoms with van der Waals surface area (Å²) < 4.78 is 17.4. The summed E-state index contributed by atoms with van der Waals surface area (Å²) in [5, 5.41) is 9.54. The highest BCUT2D eigenvalue weighted by molar-refractivity contribution is 5.28. The van der Waals surface area contributed by atoms with Gasteiger partial charge in [-0.15, -0.1) is 0 Å². The van der Waals surface area contributed by atoms with Crippen LogP contribution in [0.3, 0.4) is 0 Å². The van der Waals surface area contributed by atoms with Crippen LogP contribution in [-0.2, 0) is 9.47 Å². The van der Waals surface area contributed by atoms with E-state index in [9.17, 15) is 5.26 Å². The van der Waals surface area contributed by atoms with Gasteiger partial charge >= 0.3 is 0 Å². The Bertz CT molecular complexity index is 800. The quantitative estimate of drug-likeness (QED) is 0.823. The summed E-state index contributed by atoms with van der Waals surface area (Å²) in [6.07, 6.45) is -1.12. The number of rotatable bonds is 5. The van der Waals surface area contributed by atoms with Gasteiger partial charge < -0.3 is 14.2 Å². The predicted octanol–water partition coefficient (Wildman–Crippen LogP) is 4.08. The molecule has 0 N–H and O–H groups in total. The van der Waals surface area contributed by atoms with Crippen molar-refractivity contribution >= 4 is 0 Å². The Balaban J connectivity index is 1.48. The number of para-hydroxylation sites is 1. The van der Waals surface area contributed by atoms with E-state index in [0.717, 1.165) is 0 Å². The Hall–Kier alpha value is -2.42. The second-order valence-corrected chi connectivity index (χ2v) is 7.12. The highest BCUT2D eigenvalue weighted by Crippen LogP contribution is 2.64. The van der Waals surface area contributed by atoms with Gasteiger partial charge in [0.2, 0.25) is 5.88 Å². The molecule has 0 amide bonds. The molecule has 0 spiro atoms. The first-order chi connectivity index (χ1) is 12.1. The third-order valence-corrected chi connectivity index (χ3v) is 5.24. The first-order valence-electron chi connectivity index (χ1n) is 8.46. The van der Waals surface area contributed by atoms with Gasteiger partial charge in [-0.3, -0.25) is 0 Å². The van der Waals surface area contributed by atoms with Crippen molar-refractivity contribution in [3.05, 3.63) is 54.2 Å². The maximum Gasteiger partial charge on any atom is 0.219 e. The van der Waals surface area contributed by atoms with E-state index in [-0.39, 0.29) is 11.7 Å². The summed E-state index contributed by atoms with van der Waals surface area (Å²) in [5.74, 6) is 2.01. The van der Waals surface area contributed by atoms with Gasteiger partial charge in [0.1, 0.15) is 11.8 Å². The van der Waals surface area contributed by atoms with Crippen LogP contribution in [-0.4, -0.2) is 17.9 Å². The van der Waals surface area contributed by atoms with Crippen molar-refractivity contribution in [2.75, 3.05) is 6.61 Å². The van der Waals surface area contributed by atoms with Crippen LogP contribution in [0.1, 0.15) is 25.6 Å². The number of fused-ring (bicyclic) bond motifs is 1. The lowest BCUT2D eigenvalue weighted by molar-refractivity contribution is -0.159. The zero-order chi connectivity index (χ0) is 17.4. The predicted molar refractivity (Wildman–Crippen MR) is 90.7 cm³/mol. The minimum absolute atomic E-state index is 0.231. The van der Waals surface area contributed by atoms with Crippen LogP contribution in [0.4, 0.5) is 0 Å². The van der Waals surface area contributed by atoms with Gasteiger partial charge in [0, 0.05) is 12.0 Å². The average molecular weight is 336 g/mol. The number of hydrogen-bond acceptors (Lipinski definition) is 5. The normalized spacial score (nSPS) is 27.2. The molecule has 128 valence electrons. The number of nitriles is 1. The van der Waals surface area contributed by atoms with Crippen LogP contribution in [0.15, 0.2) is 48.5 Å². The lowest BCUT2D eigenvalue weighted by Crippen LogP contribution is -2.23. The Morgan fingerprint density at radius 1 is 1.20 bits per heavy atom. The average Bonchev–Trinajstić information content (AvgIpc) is 2.95. The first kappa shape index (κ1) is 16.1. The molecule has 4 rings (SSSR count). The molecule has 25 heavy (non-hydrogen) atoms. The van der Waals surface area contributed by atoms with E-state index < -0.39 is 6.10 Å². The fourth-order valence-corrected chi connectivity index (χ4v) is 3.61. The highest BCUT2D eigenvalue weighted by atomic mass is 16.7. The number of ether oxygens (including phenoxy) is 3. The van der Waals surface area contributed by atoms with Crippen LogP contribution in [0.5, 0.6) is 11.6 Å². The SMILES string of the molecule is CC1(C)[C@@H]2[C@@H](O[C@H](C#N)c3cccc(Oc4ccccc4)n3)OC[C@@H]21. The van der Waals surface area contributed by atoms with Gasteiger partial charge in [-0.05, 0) is 29.5 Å². The van der Waals surface area contributed by atoms with E-state index in [1.807, 2.05) is 36.4 Å². The third kappa shape index (κ3) is 2.99. The molecule has 1 saturated carbocycles.